The van der Waals surface area contributed by atoms with Gasteiger partial charge in [0.2, 0.25) is 0 Å². The number of carbonyl (C=O) groups is 1. The summed E-state index contributed by atoms with van der Waals surface area (Å²) in [6.45, 7) is 0. The highest BCUT2D eigenvalue weighted by Gasteiger charge is 2.06. The number of hydrogen-bond acceptors (Lipinski definition) is 4. The van der Waals surface area contributed by atoms with Gasteiger partial charge < -0.3 is 4.74 Å². The SMILES string of the molecule is O=C(/C=C/c1ccccc1F)Oc1ccc([N+](=O)[O-])cc1. The number of nitrogens with zero attached hydrogens (tertiary/aromatic N) is 1. The van der Waals surface area contributed by atoms with Crippen LogP contribution >= 0.6 is 0 Å². The van der Waals surface area contributed by atoms with Crippen molar-refractivity contribution in [1.29, 1.82) is 0 Å². The first-order chi connectivity index (χ1) is 10.1. The van der Waals surface area contributed by atoms with Gasteiger partial charge in [-0.15, -0.1) is 0 Å². The van der Waals surface area contributed by atoms with Crippen molar-refractivity contribution in [3.63, 3.8) is 0 Å². The summed E-state index contributed by atoms with van der Waals surface area (Å²) in [5.74, 6) is -0.979. The van der Waals surface area contributed by atoms with E-state index < -0.39 is 16.7 Å². The molecule has 2 rings (SSSR count). The van der Waals surface area contributed by atoms with Crippen molar-refractivity contribution >= 4 is 17.7 Å². The van der Waals surface area contributed by atoms with E-state index in [1.807, 2.05) is 0 Å². The average molecular weight is 287 g/mol. The van der Waals surface area contributed by atoms with E-state index in [-0.39, 0.29) is 17.0 Å². The van der Waals surface area contributed by atoms with Crippen LogP contribution in [0.4, 0.5) is 10.1 Å². The summed E-state index contributed by atoms with van der Waals surface area (Å²) in [6.07, 6.45) is 2.38. The van der Waals surface area contributed by atoms with Crippen molar-refractivity contribution in [1.82, 2.24) is 0 Å². The number of nitro groups is 1. The fraction of sp³-hybridized carbons (Fsp3) is 0. The highest BCUT2D eigenvalue weighted by Crippen LogP contribution is 2.17. The van der Waals surface area contributed by atoms with Crippen molar-refractivity contribution in [3.05, 3.63) is 76.1 Å². The van der Waals surface area contributed by atoms with Gasteiger partial charge in [-0.05, 0) is 24.3 Å². The Morgan fingerprint density at radius 1 is 1.14 bits per heavy atom. The maximum Gasteiger partial charge on any atom is 0.336 e. The van der Waals surface area contributed by atoms with Crippen LogP contribution in [0.1, 0.15) is 5.56 Å². The van der Waals surface area contributed by atoms with Crippen molar-refractivity contribution in [2.45, 2.75) is 0 Å². The van der Waals surface area contributed by atoms with Gasteiger partial charge in [0.25, 0.3) is 5.69 Å². The second-order valence-corrected chi connectivity index (χ2v) is 4.03. The van der Waals surface area contributed by atoms with Gasteiger partial charge in [0, 0.05) is 23.8 Å². The minimum atomic E-state index is -0.702. The Hall–Kier alpha value is -3.02. The predicted octanol–water partition coefficient (Wildman–Crippen LogP) is 3.35. The molecule has 2 aromatic rings. The fourth-order valence-corrected chi connectivity index (χ4v) is 1.55. The average Bonchev–Trinajstić information content (AvgIpc) is 2.47. The first-order valence-electron chi connectivity index (χ1n) is 5.95. The van der Waals surface area contributed by atoms with E-state index in [1.54, 1.807) is 12.1 Å². The lowest BCUT2D eigenvalue weighted by Crippen LogP contribution is -2.03. The predicted molar refractivity (Wildman–Crippen MR) is 74.2 cm³/mol. The molecule has 0 saturated heterocycles. The summed E-state index contributed by atoms with van der Waals surface area (Å²) in [5, 5.41) is 10.5. The number of nitro benzene ring substituents is 1. The first kappa shape index (κ1) is 14.4. The van der Waals surface area contributed by atoms with E-state index in [2.05, 4.69) is 0 Å². The molecule has 0 atom stereocenters. The lowest BCUT2D eigenvalue weighted by atomic mass is 10.2. The van der Waals surface area contributed by atoms with Crippen LogP contribution in [0.3, 0.4) is 0 Å². The third kappa shape index (κ3) is 3.97. The third-order valence-electron chi connectivity index (χ3n) is 2.57. The van der Waals surface area contributed by atoms with E-state index in [9.17, 15) is 19.3 Å². The summed E-state index contributed by atoms with van der Waals surface area (Å²) in [7, 11) is 0. The van der Waals surface area contributed by atoms with Crippen LogP contribution in [-0.2, 0) is 4.79 Å². The second kappa shape index (κ2) is 6.42. The van der Waals surface area contributed by atoms with Crippen molar-refractivity contribution < 1.29 is 18.8 Å². The largest absolute Gasteiger partial charge is 0.423 e. The molecule has 21 heavy (non-hydrogen) atoms. The molecule has 2 aromatic carbocycles. The number of non-ortho nitro benzene ring substituents is 1. The maximum atomic E-state index is 13.3. The fourth-order valence-electron chi connectivity index (χ4n) is 1.55. The second-order valence-electron chi connectivity index (χ2n) is 4.03. The minimum absolute atomic E-state index is 0.100. The summed E-state index contributed by atoms with van der Waals surface area (Å²) in [5.41, 5.74) is 0.162. The van der Waals surface area contributed by atoms with E-state index in [4.69, 9.17) is 4.74 Å². The van der Waals surface area contributed by atoms with Crippen molar-refractivity contribution in [3.8, 4) is 5.75 Å². The molecule has 0 amide bonds. The van der Waals surface area contributed by atoms with Crippen LogP contribution in [-0.4, -0.2) is 10.9 Å². The number of esters is 1. The molecule has 0 radical (unpaired) electrons. The molecule has 0 aliphatic rings. The van der Waals surface area contributed by atoms with Gasteiger partial charge in [-0.2, -0.15) is 0 Å². The molecular weight excluding hydrogens is 277 g/mol. The van der Waals surface area contributed by atoms with Crippen LogP contribution in [0.25, 0.3) is 6.08 Å². The molecular formula is C15H10FNO4. The zero-order valence-electron chi connectivity index (χ0n) is 10.7. The van der Waals surface area contributed by atoms with Gasteiger partial charge >= 0.3 is 5.97 Å². The summed E-state index contributed by atoms with van der Waals surface area (Å²) in [4.78, 5) is 21.5. The van der Waals surface area contributed by atoms with E-state index in [1.165, 1.54) is 42.5 Å². The molecule has 0 N–H and O–H groups in total. The molecule has 0 aliphatic carbocycles. The number of carbonyl (C=O) groups excluding carboxylic acids is 1. The Morgan fingerprint density at radius 2 is 1.81 bits per heavy atom. The molecule has 106 valence electrons. The molecule has 0 spiro atoms. The number of rotatable bonds is 4. The van der Waals surface area contributed by atoms with Crippen LogP contribution in [0.5, 0.6) is 5.75 Å². The molecule has 0 heterocycles. The van der Waals surface area contributed by atoms with E-state index in [0.29, 0.717) is 0 Å². The Kier molecular flexibility index (Phi) is 4.40. The molecule has 0 bridgehead atoms. The smallest absolute Gasteiger partial charge is 0.336 e. The van der Waals surface area contributed by atoms with Gasteiger partial charge in [0.1, 0.15) is 11.6 Å². The number of hydrogen-bond donors (Lipinski definition) is 0. The number of ether oxygens (including phenoxy) is 1. The molecule has 6 heteroatoms. The van der Waals surface area contributed by atoms with E-state index >= 15 is 0 Å². The maximum absolute atomic E-state index is 13.3. The Balaban J connectivity index is 2.02. The van der Waals surface area contributed by atoms with Gasteiger partial charge in [0.05, 0.1) is 4.92 Å². The van der Waals surface area contributed by atoms with Crippen LogP contribution in [0.15, 0.2) is 54.6 Å². The summed E-state index contributed by atoms with van der Waals surface area (Å²) < 4.78 is 18.3. The van der Waals surface area contributed by atoms with Gasteiger partial charge in [-0.1, -0.05) is 18.2 Å². The standard InChI is InChI=1S/C15H10FNO4/c16-14-4-2-1-3-11(14)5-10-15(18)21-13-8-6-12(7-9-13)17(19)20/h1-10H/b10-5+. The van der Waals surface area contributed by atoms with Crippen molar-refractivity contribution in [2.24, 2.45) is 0 Å². The Labute approximate surface area is 119 Å². The lowest BCUT2D eigenvalue weighted by Gasteiger charge is -2.00. The van der Waals surface area contributed by atoms with Crippen molar-refractivity contribution in [2.75, 3.05) is 0 Å². The summed E-state index contributed by atoms with van der Waals surface area (Å²) >= 11 is 0. The Morgan fingerprint density at radius 3 is 2.43 bits per heavy atom. The molecule has 5 nitrogen and oxygen atoms in total. The quantitative estimate of drug-likeness (QED) is 0.284. The topological polar surface area (TPSA) is 69.4 Å². The molecule has 0 fully saturated rings. The zero-order valence-corrected chi connectivity index (χ0v) is 10.7. The van der Waals surface area contributed by atoms with Gasteiger partial charge in [-0.3, -0.25) is 10.1 Å². The normalized spacial score (nSPS) is 10.5. The third-order valence-corrected chi connectivity index (χ3v) is 2.57. The van der Waals surface area contributed by atoms with E-state index in [0.717, 1.165) is 6.08 Å². The highest BCUT2D eigenvalue weighted by molar-refractivity contribution is 5.88. The number of benzene rings is 2. The summed E-state index contributed by atoms with van der Waals surface area (Å²) in [6, 6.07) is 11.1. The Bertz CT molecular complexity index is 695. The zero-order chi connectivity index (χ0) is 15.2. The first-order valence-corrected chi connectivity index (χ1v) is 5.95. The van der Waals surface area contributed by atoms with Crippen LogP contribution in [0.2, 0.25) is 0 Å². The van der Waals surface area contributed by atoms with Crippen LogP contribution < -0.4 is 4.74 Å². The highest BCUT2D eigenvalue weighted by atomic mass is 19.1. The molecule has 0 saturated carbocycles. The van der Waals surface area contributed by atoms with Gasteiger partial charge in [0.15, 0.2) is 0 Å². The molecule has 0 unspecified atom stereocenters. The van der Waals surface area contributed by atoms with Crippen LogP contribution in [0, 0.1) is 15.9 Å². The lowest BCUT2D eigenvalue weighted by molar-refractivity contribution is -0.384. The minimum Gasteiger partial charge on any atom is -0.423 e. The molecule has 0 aromatic heterocycles. The monoisotopic (exact) mass is 287 g/mol. The molecule has 0 aliphatic heterocycles. The van der Waals surface area contributed by atoms with Gasteiger partial charge in [-0.25, -0.2) is 9.18 Å². The number of halogens is 1.